The van der Waals surface area contributed by atoms with Gasteiger partial charge in [-0.1, -0.05) is 12.1 Å². The van der Waals surface area contributed by atoms with Crippen LogP contribution in [0.2, 0.25) is 0 Å². The van der Waals surface area contributed by atoms with Crippen LogP contribution in [0, 0.1) is 10.2 Å². The summed E-state index contributed by atoms with van der Waals surface area (Å²) in [6.07, 6.45) is 1.83. The molecule has 21 heavy (non-hydrogen) atoms. The van der Waals surface area contributed by atoms with Crippen LogP contribution < -0.4 is 18.6 Å². The Morgan fingerprint density at radius 3 is 2.05 bits per heavy atom. The van der Waals surface area contributed by atoms with Crippen molar-refractivity contribution in [1.29, 1.82) is 0 Å². The summed E-state index contributed by atoms with van der Waals surface area (Å²) in [5.41, 5.74) is -4.12. The van der Waals surface area contributed by atoms with Gasteiger partial charge in [-0.25, -0.2) is 18.6 Å². The first-order chi connectivity index (χ1) is 9.57. The smallest absolute Gasteiger partial charge is 0.222 e. The van der Waals surface area contributed by atoms with Gasteiger partial charge in [0.1, 0.15) is 0 Å². The lowest BCUT2D eigenvalue weighted by molar-refractivity contribution is -2.00. The fraction of sp³-hybridized carbons (Fsp3) is 0.333. The molecule has 0 amide bonds. The maximum atomic E-state index is 13.0. The third-order valence-corrected chi connectivity index (χ3v) is 5.08. The second-order valence-corrected chi connectivity index (χ2v) is 7.23. The summed E-state index contributed by atoms with van der Waals surface area (Å²) in [6, 6.07) is 8.62. The van der Waals surface area contributed by atoms with E-state index in [4.69, 9.17) is 18.6 Å². The van der Waals surface area contributed by atoms with E-state index in [1.807, 2.05) is 0 Å². The van der Waals surface area contributed by atoms with E-state index in [0.29, 0.717) is 9.58 Å². The van der Waals surface area contributed by atoms with E-state index in [1.165, 1.54) is 0 Å². The number of rotatable bonds is 1. The Labute approximate surface area is 122 Å². The molecule has 1 fully saturated rings. The number of benzene rings is 1. The van der Waals surface area contributed by atoms with Crippen molar-refractivity contribution >= 4 is 20.6 Å². The van der Waals surface area contributed by atoms with Gasteiger partial charge < -0.3 is 0 Å². The molecule has 0 N–H and O–H groups in total. The zero-order chi connectivity index (χ0) is 15.8. The molecule has 4 nitrogen and oxygen atoms in total. The summed E-state index contributed by atoms with van der Waals surface area (Å²) in [5.74, 6) is 0.178. The second kappa shape index (κ2) is 5.71. The number of hydrogen-bond donors (Lipinski definition) is 0. The van der Waals surface area contributed by atoms with Crippen molar-refractivity contribution in [3.05, 3.63) is 35.2 Å². The lowest BCUT2D eigenvalue weighted by Crippen LogP contribution is -2.68. The number of alkyl halides is 3. The van der Waals surface area contributed by atoms with E-state index in [2.05, 4.69) is 0 Å². The van der Waals surface area contributed by atoms with Gasteiger partial charge in [0, 0.05) is 17.4 Å². The highest BCUT2D eigenvalue weighted by molar-refractivity contribution is 7.38. The fourth-order valence-corrected chi connectivity index (χ4v) is 4.20. The molecule has 0 saturated heterocycles. The van der Waals surface area contributed by atoms with Gasteiger partial charge in [0.2, 0.25) is 0 Å². The molecular weight excluding hydrogens is 333 g/mol. The summed E-state index contributed by atoms with van der Waals surface area (Å²) in [6.45, 7) is 0. The van der Waals surface area contributed by atoms with Crippen LogP contribution >= 0.6 is 10.5 Å². The monoisotopic (exact) mass is 342 g/mol. The maximum Gasteiger partial charge on any atom is 0.600 e. The number of thiophene rings is 1. The van der Waals surface area contributed by atoms with Gasteiger partial charge in [-0.2, -0.15) is 0 Å². The molecule has 116 valence electrons. The second-order valence-electron chi connectivity index (χ2n) is 4.49. The van der Waals surface area contributed by atoms with E-state index >= 15 is 0 Å². The van der Waals surface area contributed by atoms with Crippen LogP contribution in [0.5, 0.6) is 0 Å². The van der Waals surface area contributed by atoms with Crippen LogP contribution in [0.15, 0.2) is 30.3 Å². The van der Waals surface area contributed by atoms with Gasteiger partial charge in [-0.05, 0) is 25.0 Å². The molecule has 0 spiro atoms. The van der Waals surface area contributed by atoms with E-state index in [0.717, 1.165) is 18.2 Å². The zero-order valence-electron chi connectivity index (χ0n) is 10.4. The van der Waals surface area contributed by atoms with Crippen LogP contribution in [0.25, 0.3) is 10.1 Å². The molecule has 1 unspecified atom stereocenters. The Hall–Kier alpha value is -0.900. The number of fused-ring (bicyclic) bond motifs is 1. The minimum Gasteiger partial charge on any atom is -0.222 e. The number of halogens is 4. The highest BCUT2D eigenvalue weighted by Crippen LogP contribution is 2.57. The largest absolute Gasteiger partial charge is 0.600 e. The molecule has 0 aliphatic heterocycles. The lowest BCUT2D eigenvalue weighted by atomic mass is 10.2. The van der Waals surface area contributed by atoms with E-state index in [-0.39, 0.29) is 5.92 Å². The quantitative estimate of drug-likeness (QED) is 0.691. The molecule has 0 bridgehead atoms. The van der Waals surface area contributed by atoms with Crippen molar-refractivity contribution in [2.45, 2.75) is 24.3 Å². The summed E-state index contributed by atoms with van der Waals surface area (Å²) < 4.78 is 73.6. The van der Waals surface area contributed by atoms with E-state index in [1.54, 1.807) is 30.3 Å². The molecular formula is C12H10ClF3O4S. The molecule has 1 aromatic carbocycles. The van der Waals surface area contributed by atoms with Crippen molar-refractivity contribution in [2.75, 3.05) is 0 Å². The van der Waals surface area contributed by atoms with Gasteiger partial charge in [0.15, 0.2) is 9.58 Å². The van der Waals surface area contributed by atoms with Crippen molar-refractivity contribution in [1.82, 2.24) is 0 Å². The first kappa shape index (κ1) is 16.5. The van der Waals surface area contributed by atoms with Crippen LogP contribution in [-0.2, 0) is 5.51 Å². The van der Waals surface area contributed by atoms with Gasteiger partial charge in [0.25, 0.3) is 0 Å². The first-order valence-electron chi connectivity index (χ1n) is 5.81. The Balaban J connectivity index is 0.000000282. The highest BCUT2D eigenvalue weighted by Gasteiger charge is 2.50. The average molecular weight is 343 g/mol. The third-order valence-electron chi connectivity index (χ3n) is 2.88. The van der Waals surface area contributed by atoms with Crippen molar-refractivity contribution in [3.63, 3.8) is 0 Å². The summed E-state index contributed by atoms with van der Waals surface area (Å²) in [7, 11) is -6.61. The molecule has 1 heterocycles. The molecule has 1 saturated carbocycles. The minimum absolute atomic E-state index is 0.178. The van der Waals surface area contributed by atoms with Crippen LogP contribution in [-0.4, -0.2) is 0 Å². The highest BCUT2D eigenvalue weighted by atomic mass is 35.7. The molecule has 0 radical (unpaired) electrons. The predicted molar refractivity (Wildman–Crippen MR) is 59.7 cm³/mol. The van der Waals surface area contributed by atoms with Crippen LogP contribution in [0.1, 0.15) is 23.6 Å². The third kappa shape index (κ3) is 4.53. The molecule has 2 aromatic rings. The Morgan fingerprint density at radius 1 is 1.05 bits per heavy atom. The molecule has 3 rings (SSSR count). The molecule has 1 atom stereocenters. The molecule has 1 aliphatic rings. The first-order valence-corrected chi connectivity index (χ1v) is 8.27. The zero-order valence-corrected chi connectivity index (χ0v) is 12.0. The van der Waals surface area contributed by atoms with Crippen LogP contribution in [0.3, 0.4) is 0 Å². The normalized spacial score (nSPS) is 16.6. The van der Waals surface area contributed by atoms with E-state index in [9.17, 15) is 13.2 Å². The Bertz CT molecular complexity index is 625. The molecule has 1 aromatic heterocycles. The molecule has 9 heteroatoms. The van der Waals surface area contributed by atoms with Crippen molar-refractivity contribution < 1.29 is 42.1 Å². The summed E-state index contributed by atoms with van der Waals surface area (Å²) in [4.78, 5) is 0.605. The number of hydrogen-bond acceptors (Lipinski definition) is 4. The fourth-order valence-electron chi connectivity index (χ4n) is 2.04. The molecule has 1 aliphatic carbocycles. The Kier molecular flexibility index (Phi) is 4.48. The summed E-state index contributed by atoms with van der Waals surface area (Å²) >= 11 is 0. The minimum atomic E-state index is -4.94. The topological polar surface area (TPSA) is 92.2 Å². The SMILES string of the molecule is FC(F)(F)[s+]1c(C2CC2)cc2ccccc21.[O-][Cl+3]([O-])([O-])[O-]. The van der Waals surface area contributed by atoms with Crippen molar-refractivity contribution in [2.24, 2.45) is 0 Å². The van der Waals surface area contributed by atoms with Gasteiger partial charge in [-0.3, -0.25) is 0 Å². The Morgan fingerprint density at radius 2 is 1.57 bits per heavy atom. The van der Waals surface area contributed by atoms with Crippen molar-refractivity contribution in [3.8, 4) is 0 Å². The van der Waals surface area contributed by atoms with Crippen LogP contribution in [0.4, 0.5) is 13.2 Å². The van der Waals surface area contributed by atoms with Gasteiger partial charge in [-0.15, -0.1) is 23.4 Å². The van der Waals surface area contributed by atoms with Gasteiger partial charge >= 0.3 is 5.51 Å². The van der Waals surface area contributed by atoms with E-state index < -0.39 is 26.2 Å². The maximum absolute atomic E-state index is 13.0. The lowest BCUT2D eigenvalue weighted by Gasteiger charge is -2.17. The van der Waals surface area contributed by atoms with Gasteiger partial charge in [0.05, 0.1) is 10.5 Å². The average Bonchev–Trinajstić information content (AvgIpc) is 3.05. The standard InChI is InChI=1S/C12H10F3S.ClHO4/c13-12(14,15)16-10-4-2-1-3-9(10)7-11(16)8-5-6-8;2-1(3,4)5/h1-4,7-8H,5-6H2;(H,2,3,4,5)/q+1;/p-1. The predicted octanol–water partition coefficient (Wildman–Crippen LogP) is 0.187. The summed E-state index contributed by atoms with van der Waals surface area (Å²) in [5, 5.41) is 0.755.